The van der Waals surface area contributed by atoms with Gasteiger partial charge in [-0.1, -0.05) is 25.1 Å². The molecule has 0 bridgehead atoms. The van der Waals surface area contributed by atoms with Gasteiger partial charge in [0.05, 0.1) is 6.61 Å². The molecule has 122 valence electrons. The summed E-state index contributed by atoms with van der Waals surface area (Å²) < 4.78 is 4.98. The minimum Gasteiger partial charge on any atom is -0.383 e. The van der Waals surface area contributed by atoms with E-state index in [-0.39, 0.29) is 5.91 Å². The fourth-order valence-electron chi connectivity index (χ4n) is 2.17. The first-order chi connectivity index (χ1) is 11.1. The number of nitrogens with one attached hydrogen (secondary N) is 2. The Morgan fingerprint density at radius 1 is 1.26 bits per heavy atom. The van der Waals surface area contributed by atoms with Crippen molar-refractivity contribution in [2.45, 2.75) is 20.3 Å². The highest BCUT2D eigenvalue weighted by Gasteiger charge is 2.12. The Balaban J connectivity index is 2.15. The third kappa shape index (κ3) is 4.75. The first kappa shape index (κ1) is 16.9. The third-order valence-corrected chi connectivity index (χ3v) is 3.32. The summed E-state index contributed by atoms with van der Waals surface area (Å²) in [6, 6.07) is 9.42. The van der Waals surface area contributed by atoms with Crippen molar-refractivity contribution in [3.8, 4) is 0 Å². The second-order valence-corrected chi connectivity index (χ2v) is 5.10. The molecule has 0 radical (unpaired) electrons. The monoisotopic (exact) mass is 314 g/mol. The number of aromatic nitrogens is 2. The molecule has 0 saturated carbocycles. The molecule has 2 N–H and O–H groups in total. The number of para-hydroxylation sites is 1. The number of rotatable bonds is 7. The van der Waals surface area contributed by atoms with E-state index in [1.807, 2.05) is 31.2 Å². The van der Waals surface area contributed by atoms with Gasteiger partial charge >= 0.3 is 0 Å². The number of hydrogen-bond donors (Lipinski definition) is 2. The van der Waals surface area contributed by atoms with E-state index in [0.29, 0.717) is 24.8 Å². The summed E-state index contributed by atoms with van der Waals surface area (Å²) in [5, 5.41) is 5.96. The lowest BCUT2D eigenvalue weighted by atomic mass is 10.1. The van der Waals surface area contributed by atoms with E-state index in [9.17, 15) is 4.79 Å². The second kappa shape index (κ2) is 8.24. The smallest absolute Gasteiger partial charge is 0.274 e. The lowest BCUT2D eigenvalue weighted by molar-refractivity contribution is 0.102. The molecule has 2 aromatic rings. The maximum Gasteiger partial charge on any atom is 0.274 e. The summed E-state index contributed by atoms with van der Waals surface area (Å²) >= 11 is 0. The van der Waals surface area contributed by atoms with Crippen LogP contribution < -0.4 is 10.6 Å². The van der Waals surface area contributed by atoms with Crippen molar-refractivity contribution < 1.29 is 9.53 Å². The molecule has 0 aliphatic heterocycles. The first-order valence-electron chi connectivity index (χ1n) is 7.61. The van der Waals surface area contributed by atoms with Gasteiger partial charge in [0.25, 0.3) is 5.91 Å². The Kier molecular flexibility index (Phi) is 6.05. The van der Waals surface area contributed by atoms with Crippen LogP contribution in [-0.2, 0) is 11.2 Å². The molecule has 0 saturated heterocycles. The number of benzene rings is 1. The van der Waals surface area contributed by atoms with E-state index < -0.39 is 0 Å². The van der Waals surface area contributed by atoms with Crippen LogP contribution in [0.1, 0.15) is 28.7 Å². The lowest BCUT2D eigenvalue weighted by Gasteiger charge is -2.11. The normalized spacial score (nSPS) is 10.4. The average Bonchev–Trinajstić information content (AvgIpc) is 2.55. The summed E-state index contributed by atoms with van der Waals surface area (Å²) in [5.41, 5.74) is 2.97. The van der Waals surface area contributed by atoms with Crippen LogP contribution in [0, 0.1) is 6.92 Å². The molecule has 1 heterocycles. The largest absolute Gasteiger partial charge is 0.383 e. The van der Waals surface area contributed by atoms with Crippen molar-refractivity contribution >= 4 is 17.5 Å². The number of methoxy groups -OCH3 is 1. The molecule has 0 aliphatic carbocycles. The Morgan fingerprint density at radius 2 is 2.04 bits per heavy atom. The van der Waals surface area contributed by atoms with Crippen LogP contribution >= 0.6 is 0 Å². The van der Waals surface area contributed by atoms with Crippen LogP contribution in [0.3, 0.4) is 0 Å². The van der Waals surface area contributed by atoms with Gasteiger partial charge in [-0.15, -0.1) is 0 Å². The molecule has 1 amide bonds. The zero-order chi connectivity index (χ0) is 16.7. The topological polar surface area (TPSA) is 76.1 Å². The molecule has 2 rings (SSSR count). The Morgan fingerprint density at radius 3 is 2.78 bits per heavy atom. The maximum atomic E-state index is 12.5. The number of aryl methyl sites for hydroxylation is 2. The van der Waals surface area contributed by atoms with Gasteiger partial charge in [-0.25, -0.2) is 9.97 Å². The van der Waals surface area contributed by atoms with E-state index in [4.69, 9.17) is 4.74 Å². The molecule has 1 aromatic carbocycles. The van der Waals surface area contributed by atoms with Gasteiger partial charge in [0.15, 0.2) is 0 Å². The van der Waals surface area contributed by atoms with Crippen molar-refractivity contribution in [3.05, 3.63) is 47.3 Å². The van der Waals surface area contributed by atoms with Gasteiger partial charge in [0.1, 0.15) is 5.69 Å². The van der Waals surface area contributed by atoms with Crippen LogP contribution in [0.5, 0.6) is 0 Å². The number of hydrogen-bond acceptors (Lipinski definition) is 5. The zero-order valence-corrected chi connectivity index (χ0v) is 13.7. The molecule has 0 spiro atoms. The number of ether oxygens (including phenoxy) is 1. The van der Waals surface area contributed by atoms with Crippen LogP contribution in [0.15, 0.2) is 30.3 Å². The highest BCUT2D eigenvalue weighted by molar-refractivity contribution is 6.03. The van der Waals surface area contributed by atoms with Crippen molar-refractivity contribution in [1.29, 1.82) is 0 Å². The van der Waals surface area contributed by atoms with Crippen molar-refractivity contribution in [1.82, 2.24) is 9.97 Å². The van der Waals surface area contributed by atoms with Gasteiger partial charge in [-0.05, 0) is 31.0 Å². The summed E-state index contributed by atoms with van der Waals surface area (Å²) in [5.74, 6) is 0.183. The Hall–Kier alpha value is -2.47. The lowest BCUT2D eigenvalue weighted by Crippen LogP contribution is -2.18. The van der Waals surface area contributed by atoms with Crippen molar-refractivity contribution in [2.75, 3.05) is 30.9 Å². The van der Waals surface area contributed by atoms with Gasteiger partial charge < -0.3 is 15.4 Å². The predicted octanol–water partition coefficient (Wildman–Crippen LogP) is 2.66. The standard InChI is InChI=1S/C17H22N4O2/c1-4-13-7-5-6-8-14(13)20-16(22)15-11-12(2)19-17(21-15)18-9-10-23-3/h5-8,11H,4,9-10H2,1-3H3,(H,20,22)(H,18,19,21). The predicted molar refractivity (Wildman–Crippen MR) is 90.9 cm³/mol. The van der Waals surface area contributed by atoms with Gasteiger partial charge in [0.2, 0.25) is 5.95 Å². The molecule has 0 unspecified atom stereocenters. The van der Waals surface area contributed by atoms with Gasteiger partial charge in [-0.3, -0.25) is 4.79 Å². The van der Waals surface area contributed by atoms with E-state index in [2.05, 4.69) is 27.5 Å². The fraction of sp³-hybridized carbons (Fsp3) is 0.353. The number of carbonyl (C=O) groups is 1. The van der Waals surface area contributed by atoms with Gasteiger partial charge in [0, 0.05) is 25.0 Å². The Labute approximate surface area is 136 Å². The fourth-order valence-corrected chi connectivity index (χ4v) is 2.17. The minimum absolute atomic E-state index is 0.244. The molecule has 0 aliphatic rings. The minimum atomic E-state index is -0.244. The van der Waals surface area contributed by atoms with Crippen LogP contribution in [-0.4, -0.2) is 36.1 Å². The summed E-state index contributed by atoms with van der Waals surface area (Å²) in [7, 11) is 1.63. The summed E-state index contributed by atoms with van der Waals surface area (Å²) in [4.78, 5) is 21.0. The number of anilines is 2. The summed E-state index contributed by atoms with van der Waals surface area (Å²) in [6.45, 7) is 5.01. The summed E-state index contributed by atoms with van der Waals surface area (Å²) in [6.07, 6.45) is 0.850. The molecule has 6 heteroatoms. The molecule has 23 heavy (non-hydrogen) atoms. The number of carbonyl (C=O) groups excluding carboxylic acids is 1. The van der Waals surface area contributed by atoms with Gasteiger partial charge in [-0.2, -0.15) is 0 Å². The number of amides is 1. The molecular weight excluding hydrogens is 292 g/mol. The molecule has 0 atom stereocenters. The highest BCUT2D eigenvalue weighted by Crippen LogP contribution is 2.16. The molecule has 0 fully saturated rings. The SMILES string of the molecule is CCc1ccccc1NC(=O)c1cc(C)nc(NCCOC)n1. The molecule has 6 nitrogen and oxygen atoms in total. The van der Waals surface area contributed by atoms with Crippen LogP contribution in [0.2, 0.25) is 0 Å². The first-order valence-corrected chi connectivity index (χ1v) is 7.61. The second-order valence-electron chi connectivity index (χ2n) is 5.10. The van der Waals surface area contributed by atoms with Crippen molar-refractivity contribution in [2.24, 2.45) is 0 Å². The van der Waals surface area contributed by atoms with E-state index in [0.717, 1.165) is 23.4 Å². The number of nitrogens with zero attached hydrogens (tertiary/aromatic N) is 2. The zero-order valence-electron chi connectivity index (χ0n) is 13.7. The third-order valence-electron chi connectivity index (χ3n) is 3.32. The van der Waals surface area contributed by atoms with Crippen LogP contribution in [0.25, 0.3) is 0 Å². The van der Waals surface area contributed by atoms with Crippen molar-refractivity contribution in [3.63, 3.8) is 0 Å². The average molecular weight is 314 g/mol. The molecular formula is C17H22N4O2. The highest BCUT2D eigenvalue weighted by atomic mass is 16.5. The quantitative estimate of drug-likeness (QED) is 0.768. The van der Waals surface area contributed by atoms with E-state index >= 15 is 0 Å². The maximum absolute atomic E-state index is 12.5. The van der Waals surface area contributed by atoms with E-state index in [1.54, 1.807) is 13.2 Å². The molecule has 1 aromatic heterocycles. The van der Waals surface area contributed by atoms with E-state index in [1.165, 1.54) is 0 Å². The Bertz CT molecular complexity index is 673. The van der Waals surface area contributed by atoms with Crippen LogP contribution in [0.4, 0.5) is 11.6 Å².